The zero-order valence-electron chi connectivity index (χ0n) is 19.0. The van der Waals surface area contributed by atoms with E-state index in [0.717, 1.165) is 38.5 Å². The number of unbranched alkanes of at least 4 members (excludes halogenated alkanes) is 10. The largest absolute Gasteiger partial charge is 1.00 e. The van der Waals surface area contributed by atoms with Crippen molar-refractivity contribution in [1.29, 1.82) is 0 Å². The van der Waals surface area contributed by atoms with Gasteiger partial charge in [0, 0.05) is 11.9 Å². The minimum absolute atomic E-state index is 0. The van der Waals surface area contributed by atoms with Crippen LogP contribution in [0.3, 0.4) is 0 Å². The summed E-state index contributed by atoms with van der Waals surface area (Å²) >= 11 is 0. The van der Waals surface area contributed by atoms with Crippen LogP contribution < -0.4 is 34.7 Å². The average molecular weight is 417 g/mol. The number of hydrogen-bond acceptors (Lipinski definition) is 4. The Morgan fingerprint density at radius 3 is 1.93 bits per heavy atom. The van der Waals surface area contributed by atoms with Crippen LogP contribution >= 0.6 is 0 Å². The Kier molecular flexibility index (Phi) is 19.4. The number of carboxylic acid groups (broad SMARTS) is 1. The molecule has 4 nitrogen and oxygen atoms in total. The molecule has 1 aliphatic rings. The van der Waals surface area contributed by atoms with Gasteiger partial charge < -0.3 is 14.6 Å². The van der Waals surface area contributed by atoms with Crippen LogP contribution in [0.5, 0.6) is 0 Å². The molecule has 2 unspecified atom stereocenters. The number of aliphatic carboxylic acids is 1. The number of esters is 1. The number of ether oxygens (including phenoxy) is 1. The van der Waals surface area contributed by atoms with E-state index in [0.29, 0.717) is 19.4 Å². The molecule has 0 aliphatic heterocycles. The first kappa shape index (κ1) is 28.7. The second-order valence-corrected chi connectivity index (χ2v) is 8.21. The third-order valence-electron chi connectivity index (χ3n) is 5.77. The molecule has 29 heavy (non-hydrogen) atoms. The van der Waals surface area contributed by atoms with Gasteiger partial charge >= 0.3 is 35.5 Å². The van der Waals surface area contributed by atoms with Crippen LogP contribution in [0.25, 0.3) is 0 Å². The Bertz CT molecular complexity index is 450. The number of rotatable bonds is 16. The van der Waals surface area contributed by atoms with Crippen molar-refractivity contribution in [3.05, 3.63) is 12.2 Å². The van der Waals surface area contributed by atoms with E-state index >= 15 is 0 Å². The maximum atomic E-state index is 12.1. The van der Waals surface area contributed by atoms with Crippen molar-refractivity contribution in [3.63, 3.8) is 0 Å². The molecular formula is C24H41NaO4. The molecule has 0 aromatic heterocycles. The molecular weight excluding hydrogens is 375 g/mol. The molecule has 0 heterocycles. The molecule has 0 amide bonds. The molecule has 1 aliphatic carbocycles. The SMILES string of the molecule is CCCCCCCC/C=C/CCCCCCOC(=O)C1CCCCC1C(=O)[O-].[Na+]. The quantitative estimate of drug-likeness (QED) is 0.168. The van der Waals surface area contributed by atoms with E-state index in [1.807, 2.05) is 0 Å². The zero-order chi connectivity index (χ0) is 20.5. The van der Waals surface area contributed by atoms with Crippen molar-refractivity contribution in [2.24, 2.45) is 11.8 Å². The van der Waals surface area contributed by atoms with Gasteiger partial charge in [-0.05, 0) is 44.9 Å². The zero-order valence-corrected chi connectivity index (χ0v) is 21.0. The van der Waals surface area contributed by atoms with E-state index in [4.69, 9.17) is 4.74 Å². The van der Waals surface area contributed by atoms with Gasteiger partial charge in [0.1, 0.15) is 0 Å². The van der Waals surface area contributed by atoms with Gasteiger partial charge in [0.05, 0.1) is 12.5 Å². The van der Waals surface area contributed by atoms with Crippen molar-refractivity contribution in [3.8, 4) is 0 Å². The number of carbonyl (C=O) groups excluding carboxylic acids is 2. The third-order valence-corrected chi connectivity index (χ3v) is 5.77. The van der Waals surface area contributed by atoms with E-state index in [9.17, 15) is 14.7 Å². The predicted octanol–water partition coefficient (Wildman–Crippen LogP) is 2.35. The van der Waals surface area contributed by atoms with Gasteiger partial charge in [-0.15, -0.1) is 0 Å². The summed E-state index contributed by atoms with van der Waals surface area (Å²) in [5.74, 6) is -2.61. The predicted molar refractivity (Wildman–Crippen MR) is 112 cm³/mol. The summed E-state index contributed by atoms with van der Waals surface area (Å²) in [6.07, 6.45) is 22.2. The summed E-state index contributed by atoms with van der Waals surface area (Å²) in [6.45, 7) is 2.66. The van der Waals surface area contributed by atoms with Gasteiger partial charge in [-0.2, -0.15) is 0 Å². The van der Waals surface area contributed by atoms with Crippen molar-refractivity contribution in [2.45, 2.75) is 110 Å². The summed E-state index contributed by atoms with van der Waals surface area (Å²) in [5.41, 5.74) is 0. The molecule has 1 rings (SSSR count). The maximum Gasteiger partial charge on any atom is 1.00 e. The van der Waals surface area contributed by atoms with Gasteiger partial charge in [0.2, 0.25) is 0 Å². The van der Waals surface area contributed by atoms with Gasteiger partial charge in [-0.1, -0.05) is 76.9 Å². The molecule has 0 N–H and O–H groups in total. The molecule has 1 saturated carbocycles. The minimum Gasteiger partial charge on any atom is -0.550 e. The van der Waals surface area contributed by atoms with E-state index in [1.165, 1.54) is 51.4 Å². The van der Waals surface area contributed by atoms with Crippen molar-refractivity contribution in [2.75, 3.05) is 6.61 Å². The Labute approximate surface area is 200 Å². The number of allylic oxidation sites excluding steroid dienone is 2. The molecule has 0 aromatic carbocycles. The van der Waals surface area contributed by atoms with Crippen molar-refractivity contribution >= 4 is 11.9 Å². The minimum atomic E-state index is -1.11. The first-order valence-corrected chi connectivity index (χ1v) is 11.7. The van der Waals surface area contributed by atoms with Crippen LogP contribution in [-0.2, 0) is 14.3 Å². The first-order chi connectivity index (χ1) is 13.7. The van der Waals surface area contributed by atoms with Gasteiger partial charge in [-0.25, -0.2) is 0 Å². The van der Waals surface area contributed by atoms with Gasteiger partial charge in [0.15, 0.2) is 0 Å². The van der Waals surface area contributed by atoms with Crippen LogP contribution in [-0.4, -0.2) is 18.5 Å². The first-order valence-electron chi connectivity index (χ1n) is 11.7. The Morgan fingerprint density at radius 2 is 1.34 bits per heavy atom. The fraction of sp³-hybridized carbons (Fsp3) is 0.833. The van der Waals surface area contributed by atoms with Crippen molar-refractivity contribution in [1.82, 2.24) is 0 Å². The summed E-state index contributed by atoms with van der Waals surface area (Å²) in [7, 11) is 0. The van der Waals surface area contributed by atoms with Crippen molar-refractivity contribution < 1.29 is 49.0 Å². The topological polar surface area (TPSA) is 66.4 Å². The van der Waals surface area contributed by atoms with Gasteiger partial charge in [-0.3, -0.25) is 4.79 Å². The summed E-state index contributed by atoms with van der Waals surface area (Å²) in [4.78, 5) is 23.3. The maximum absolute atomic E-state index is 12.1. The summed E-state index contributed by atoms with van der Waals surface area (Å²) < 4.78 is 5.32. The van der Waals surface area contributed by atoms with Crippen LogP contribution in [0.1, 0.15) is 110 Å². The second-order valence-electron chi connectivity index (χ2n) is 8.21. The van der Waals surface area contributed by atoms with Crippen LogP contribution in [0.2, 0.25) is 0 Å². The third kappa shape index (κ3) is 14.3. The molecule has 0 bridgehead atoms. The van der Waals surface area contributed by atoms with E-state index < -0.39 is 17.8 Å². The molecule has 162 valence electrons. The van der Waals surface area contributed by atoms with Crippen LogP contribution in [0.15, 0.2) is 12.2 Å². The molecule has 2 atom stereocenters. The van der Waals surface area contributed by atoms with E-state index in [-0.39, 0.29) is 35.5 Å². The van der Waals surface area contributed by atoms with E-state index in [1.54, 1.807) is 0 Å². The molecule has 5 heteroatoms. The molecule has 0 radical (unpaired) electrons. The standard InChI is InChI=1S/C24H42O4.Na/c1-2-3-4-5-6-7-8-9-10-11-12-13-14-17-20-28-24(27)22-19-16-15-18-21(22)23(25)26;/h9-10,21-22H,2-8,11-20H2,1H3,(H,25,26);/q;+1/p-1/b10-9+;. The summed E-state index contributed by atoms with van der Waals surface area (Å²) in [6, 6.07) is 0. The fourth-order valence-corrected chi connectivity index (χ4v) is 3.97. The Hall–Kier alpha value is -0.320. The molecule has 0 spiro atoms. The van der Waals surface area contributed by atoms with Crippen LogP contribution in [0, 0.1) is 11.8 Å². The summed E-state index contributed by atoms with van der Waals surface area (Å²) in [5, 5.41) is 11.2. The van der Waals surface area contributed by atoms with Crippen LogP contribution in [0.4, 0.5) is 0 Å². The van der Waals surface area contributed by atoms with Gasteiger partial charge in [0.25, 0.3) is 0 Å². The normalized spacial score (nSPS) is 19.1. The molecule has 1 fully saturated rings. The number of carboxylic acids is 1. The molecule has 0 saturated heterocycles. The fourth-order valence-electron chi connectivity index (χ4n) is 3.97. The monoisotopic (exact) mass is 416 g/mol. The Balaban J connectivity index is 0.00000784. The Morgan fingerprint density at radius 1 is 0.828 bits per heavy atom. The smallest absolute Gasteiger partial charge is 0.550 e. The average Bonchev–Trinajstić information content (AvgIpc) is 2.70. The number of carbonyl (C=O) groups is 2. The number of hydrogen-bond donors (Lipinski definition) is 0. The molecule has 0 aromatic rings. The van der Waals surface area contributed by atoms with E-state index in [2.05, 4.69) is 19.1 Å². The second kappa shape index (κ2) is 19.6.